The molecule has 1 heteroatoms. The number of hydrogen-bond acceptors (Lipinski definition) is 1. The standard InChI is InChI=1S/C11H23N/c1-6-10(2,3)8-7-9-11(4,5)12-9/h9,12H,6-8H2,1-5H3. The average Bonchev–Trinajstić information content (AvgIpc) is 2.56. The summed E-state index contributed by atoms with van der Waals surface area (Å²) >= 11 is 0. The molecule has 0 radical (unpaired) electrons. The summed E-state index contributed by atoms with van der Waals surface area (Å²) in [6, 6.07) is 0.781. The van der Waals surface area contributed by atoms with Gasteiger partial charge in [-0.05, 0) is 32.1 Å². The van der Waals surface area contributed by atoms with E-state index in [1.807, 2.05) is 0 Å². The predicted molar refractivity (Wildman–Crippen MR) is 54.3 cm³/mol. The zero-order chi connectivity index (χ0) is 9.41. The van der Waals surface area contributed by atoms with Gasteiger partial charge in [-0.15, -0.1) is 0 Å². The van der Waals surface area contributed by atoms with Gasteiger partial charge in [-0.1, -0.05) is 27.2 Å². The van der Waals surface area contributed by atoms with Crippen LogP contribution in [0, 0.1) is 5.41 Å². The van der Waals surface area contributed by atoms with E-state index in [1.165, 1.54) is 19.3 Å². The lowest BCUT2D eigenvalue weighted by atomic mass is 9.84. The van der Waals surface area contributed by atoms with Crippen LogP contribution in [0.3, 0.4) is 0 Å². The molecule has 1 unspecified atom stereocenters. The third-order valence-electron chi connectivity index (χ3n) is 3.40. The van der Waals surface area contributed by atoms with Crippen molar-refractivity contribution in [1.82, 2.24) is 5.32 Å². The van der Waals surface area contributed by atoms with E-state index in [0.717, 1.165) is 6.04 Å². The second-order valence-electron chi connectivity index (χ2n) is 5.48. The Morgan fingerprint density at radius 3 is 2.17 bits per heavy atom. The lowest BCUT2D eigenvalue weighted by Crippen LogP contribution is -2.12. The smallest absolute Gasteiger partial charge is 0.0281 e. The normalized spacial score (nSPS) is 27.2. The van der Waals surface area contributed by atoms with Gasteiger partial charge in [-0.3, -0.25) is 0 Å². The lowest BCUT2D eigenvalue weighted by Gasteiger charge is -2.22. The van der Waals surface area contributed by atoms with Gasteiger partial charge in [-0.2, -0.15) is 0 Å². The van der Waals surface area contributed by atoms with Gasteiger partial charge in [0, 0.05) is 11.6 Å². The zero-order valence-corrected chi connectivity index (χ0v) is 9.20. The van der Waals surface area contributed by atoms with Crippen LogP contribution in [0.5, 0.6) is 0 Å². The molecule has 12 heavy (non-hydrogen) atoms. The van der Waals surface area contributed by atoms with E-state index in [0.29, 0.717) is 11.0 Å². The summed E-state index contributed by atoms with van der Waals surface area (Å²) in [4.78, 5) is 0. The van der Waals surface area contributed by atoms with Crippen molar-refractivity contribution >= 4 is 0 Å². The van der Waals surface area contributed by atoms with Crippen molar-refractivity contribution in [1.29, 1.82) is 0 Å². The quantitative estimate of drug-likeness (QED) is 0.642. The van der Waals surface area contributed by atoms with Crippen LogP contribution in [-0.4, -0.2) is 11.6 Å². The van der Waals surface area contributed by atoms with Gasteiger partial charge in [0.15, 0.2) is 0 Å². The summed E-state index contributed by atoms with van der Waals surface area (Å²) < 4.78 is 0. The molecule has 0 aromatic rings. The van der Waals surface area contributed by atoms with Gasteiger partial charge in [0.05, 0.1) is 0 Å². The fourth-order valence-corrected chi connectivity index (χ4v) is 1.55. The van der Waals surface area contributed by atoms with Crippen LogP contribution >= 0.6 is 0 Å². The minimum atomic E-state index is 0.434. The molecule has 1 aliphatic heterocycles. The first-order valence-electron chi connectivity index (χ1n) is 5.15. The van der Waals surface area contributed by atoms with Crippen molar-refractivity contribution in [2.24, 2.45) is 5.41 Å². The number of hydrogen-bond donors (Lipinski definition) is 1. The highest BCUT2D eigenvalue weighted by Gasteiger charge is 2.44. The maximum atomic E-state index is 3.50. The maximum Gasteiger partial charge on any atom is 0.0281 e. The predicted octanol–water partition coefficient (Wildman–Crippen LogP) is 2.95. The van der Waals surface area contributed by atoms with Crippen LogP contribution < -0.4 is 5.32 Å². The minimum Gasteiger partial charge on any atom is -0.306 e. The van der Waals surface area contributed by atoms with E-state index in [2.05, 4.69) is 39.9 Å². The summed E-state index contributed by atoms with van der Waals surface area (Å²) in [5.41, 5.74) is 0.976. The fraction of sp³-hybridized carbons (Fsp3) is 1.00. The number of rotatable bonds is 4. The molecule has 0 aromatic heterocycles. The Morgan fingerprint density at radius 1 is 1.33 bits per heavy atom. The zero-order valence-electron chi connectivity index (χ0n) is 9.20. The molecule has 1 fully saturated rings. The van der Waals surface area contributed by atoms with Gasteiger partial charge in [0.2, 0.25) is 0 Å². The van der Waals surface area contributed by atoms with Crippen LogP contribution in [0.2, 0.25) is 0 Å². The summed E-state index contributed by atoms with van der Waals surface area (Å²) in [5.74, 6) is 0. The molecular weight excluding hydrogens is 146 g/mol. The SMILES string of the molecule is CCC(C)(C)CCC1NC1(C)C. The topological polar surface area (TPSA) is 21.9 Å². The van der Waals surface area contributed by atoms with Gasteiger partial charge in [0.25, 0.3) is 0 Å². The fourth-order valence-electron chi connectivity index (χ4n) is 1.55. The van der Waals surface area contributed by atoms with Gasteiger partial charge < -0.3 is 5.32 Å². The van der Waals surface area contributed by atoms with Crippen LogP contribution in [0.15, 0.2) is 0 Å². The lowest BCUT2D eigenvalue weighted by molar-refractivity contribution is 0.310. The third kappa shape index (κ3) is 2.48. The van der Waals surface area contributed by atoms with Crippen molar-refractivity contribution in [3.8, 4) is 0 Å². The van der Waals surface area contributed by atoms with E-state index in [9.17, 15) is 0 Å². The van der Waals surface area contributed by atoms with Crippen LogP contribution in [0.4, 0.5) is 0 Å². The molecule has 0 spiro atoms. The molecule has 0 saturated carbocycles. The molecule has 1 atom stereocenters. The first-order valence-corrected chi connectivity index (χ1v) is 5.15. The summed E-state index contributed by atoms with van der Waals surface area (Å²) in [5, 5.41) is 3.50. The monoisotopic (exact) mass is 169 g/mol. The molecule has 1 saturated heterocycles. The first-order chi connectivity index (χ1) is 5.37. The molecule has 1 rings (SSSR count). The molecule has 1 nitrogen and oxygen atoms in total. The van der Waals surface area contributed by atoms with Crippen LogP contribution in [-0.2, 0) is 0 Å². The number of nitrogens with one attached hydrogen (secondary N) is 1. The summed E-state index contributed by atoms with van der Waals surface area (Å²) in [7, 11) is 0. The Morgan fingerprint density at radius 2 is 1.83 bits per heavy atom. The average molecular weight is 169 g/mol. The highest BCUT2D eigenvalue weighted by atomic mass is 15.2. The maximum absolute atomic E-state index is 3.50. The van der Waals surface area contributed by atoms with Gasteiger partial charge >= 0.3 is 0 Å². The first kappa shape index (κ1) is 10.0. The minimum absolute atomic E-state index is 0.434. The molecule has 1 heterocycles. The third-order valence-corrected chi connectivity index (χ3v) is 3.40. The van der Waals surface area contributed by atoms with Crippen LogP contribution in [0.1, 0.15) is 53.9 Å². The van der Waals surface area contributed by atoms with E-state index >= 15 is 0 Å². The largest absolute Gasteiger partial charge is 0.306 e. The molecule has 0 aliphatic carbocycles. The van der Waals surface area contributed by atoms with Gasteiger partial charge in [0.1, 0.15) is 0 Å². The van der Waals surface area contributed by atoms with Crippen molar-refractivity contribution in [3.63, 3.8) is 0 Å². The summed E-state index contributed by atoms with van der Waals surface area (Å²) in [6.45, 7) is 11.6. The molecule has 1 N–H and O–H groups in total. The molecule has 0 amide bonds. The summed E-state index contributed by atoms with van der Waals surface area (Å²) in [6.07, 6.45) is 3.98. The van der Waals surface area contributed by atoms with Crippen molar-refractivity contribution in [3.05, 3.63) is 0 Å². The second-order valence-corrected chi connectivity index (χ2v) is 5.48. The molecule has 0 aromatic carbocycles. The van der Waals surface area contributed by atoms with Crippen molar-refractivity contribution < 1.29 is 0 Å². The van der Waals surface area contributed by atoms with E-state index in [1.54, 1.807) is 0 Å². The molecule has 0 bridgehead atoms. The molecular formula is C11H23N. The van der Waals surface area contributed by atoms with Crippen molar-refractivity contribution in [2.45, 2.75) is 65.5 Å². The highest BCUT2D eigenvalue weighted by molar-refractivity contribution is 5.07. The Kier molecular flexibility index (Phi) is 2.53. The Labute approximate surface area is 76.9 Å². The van der Waals surface area contributed by atoms with Crippen LogP contribution in [0.25, 0.3) is 0 Å². The highest BCUT2D eigenvalue weighted by Crippen LogP contribution is 2.34. The van der Waals surface area contributed by atoms with Gasteiger partial charge in [-0.25, -0.2) is 0 Å². The second kappa shape index (κ2) is 3.02. The molecule has 1 aliphatic rings. The van der Waals surface area contributed by atoms with E-state index < -0.39 is 0 Å². The van der Waals surface area contributed by atoms with Crippen molar-refractivity contribution in [2.75, 3.05) is 0 Å². The Bertz CT molecular complexity index is 158. The Balaban J connectivity index is 2.19. The van der Waals surface area contributed by atoms with E-state index in [4.69, 9.17) is 0 Å². The Hall–Kier alpha value is -0.0400. The molecule has 72 valence electrons. The van der Waals surface area contributed by atoms with E-state index in [-0.39, 0.29) is 0 Å².